The number of benzene rings is 1. The summed E-state index contributed by atoms with van der Waals surface area (Å²) < 4.78 is 6.16. The van der Waals surface area contributed by atoms with E-state index in [1.807, 2.05) is 0 Å². The summed E-state index contributed by atoms with van der Waals surface area (Å²) in [7, 11) is 2.23. The maximum absolute atomic E-state index is 6.16. The highest BCUT2D eigenvalue weighted by molar-refractivity contribution is 14.0. The largest absolute Gasteiger partial charge is 0.373 e. The number of rotatable bonds is 8. The fourth-order valence-corrected chi connectivity index (χ4v) is 3.94. The molecule has 1 saturated carbocycles. The minimum atomic E-state index is 0. The van der Waals surface area contributed by atoms with E-state index >= 15 is 0 Å². The Morgan fingerprint density at radius 2 is 1.93 bits per heavy atom. The zero-order chi connectivity index (χ0) is 19.9. The third-order valence-corrected chi connectivity index (χ3v) is 6.06. The van der Waals surface area contributed by atoms with E-state index in [1.165, 1.54) is 30.4 Å². The van der Waals surface area contributed by atoms with Gasteiger partial charge in [-0.25, -0.2) is 0 Å². The first kappa shape index (κ1) is 24.4. The molecule has 6 heteroatoms. The monoisotopic (exact) mass is 514 g/mol. The zero-order valence-corrected chi connectivity index (χ0v) is 20.8. The average molecular weight is 514 g/mol. The van der Waals surface area contributed by atoms with Gasteiger partial charge >= 0.3 is 0 Å². The topological polar surface area (TPSA) is 48.9 Å². The van der Waals surface area contributed by atoms with Gasteiger partial charge in [-0.05, 0) is 59.1 Å². The van der Waals surface area contributed by atoms with E-state index in [1.54, 1.807) is 0 Å². The molecule has 5 nitrogen and oxygen atoms in total. The molecule has 164 valence electrons. The van der Waals surface area contributed by atoms with Crippen molar-refractivity contribution in [3.8, 4) is 0 Å². The van der Waals surface area contributed by atoms with Gasteiger partial charge in [0.1, 0.15) is 0 Å². The number of nitrogens with zero attached hydrogens (tertiary/aromatic N) is 2. The van der Waals surface area contributed by atoms with Crippen molar-refractivity contribution >= 4 is 29.9 Å². The van der Waals surface area contributed by atoms with Crippen LogP contribution in [0.2, 0.25) is 0 Å². The number of aryl methyl sites for hydroxylation is 1. The van der Waals surface area contributed by atoms with Crippen molar-refractivity contribution in [3.63, 3.8) is 0 Å². The second-order valence-electron chi connectivity index (χ2n) is 8.45. The SMILES string of the molecule is CCNC(=NCC(C)N(C)C1CC1)NCC1CCCOC1c1ccc(C)cc1.I. The number of ether oxygens (including phenoxy) is 1. The van der Waals surface area contributed by atoms with Gasteiger partial charge in [0.15, 0.2) is 5.96 Å². The Labute approximate surface area is 194 Å². The molecule has 2 fully saturated rings. The van der Waals surface area contributed by atoms with Crippen LogP contribution in [-0.2, 0) is 4.74 Å². The van der Waals surface area contributed by atoms with Crippen molar-refractivity contribution in [1.82, 2.24) is 15.5 Å². The van der Waals surface area contributed by atoms with Crippen molar-refractivity contribution in [1.29, 1.82) is 0 Å². The Morgan fingerprint density at radius 1 is 1.21 bits per heavy atom. The number of hydrogen-bond donors (Lipinski definition) is 2. The van der Waals surface area contributed by atoms with Crippen LogP contribution in [0.1, 0.15) is 56.8 Å². The Kier molecular flexibility index (Phi) is 10.2. The first-order chi connectivity index (χ1) is 13.6. The number of hydrogen-bond acceptors (Lipinski definition) is 3. The minimum Gasteiger partial charge on any atom is -0.373 e. The standard InChI is InChI=1S/C23H38N4O.HI/c1-5-24-23(25-15-18(3)27(4)21-12-13-21)26-16-20-7-6-14-28-22(20)19-10-8-17(2)9-11-19;/h8-11,18,20-22H,5-7,12-16H2,1-4H3,(H2,24,25,26);1H. The van der Waals surface area contributed by atoms with E-state index in [9.17, 15) is 0 Å². The summed E-state index contributed by atoms with van der Waals surface area (Å²) >= 11 is 0. The van der Waals surface area contributed by atoms with Crippen LogP contribution in [0.4, 0.5) is 0 Å². The lowest BCUT2D eigenvalue weighted by Crippen LogP contribution is -2.43. The number of guanidine groups is 1. The minimum absolute atomic E-state index is 0. The maximum Gasteiger partial charge on any atom is 0.191 e. The molecule has 2 aliphatic rings. The Hall–Kier alpha value is -0.860. The second-order valence-corrected chi connectivity index (χ2v) is 8.45. The number of halogens is 1. The van der Waals surface area contributed by atoms with Crippen molar-refractivity contribution < 1.29 is 4.74 Å². The summed E-state index contributed by atoms with van der Waals surface area (Å²) in [6.45, 7) is 9.96. The van der Waals surface area contributed by atoms with E-state index in [-0.39, 0.29) is 30.1 Å². The van der Waals surface area contributed by atoms with Crippen LogP contribution in [0.5, 0.6) is 0 Å². The third-order valence-electron chi connectivity index (χ3n) is 6.06. The Morgan fingerprint density at radius 3 is 2.59 bits per heavy atom. The van der Waals surface area contributed by atoms with Gasteiger partial charge in [0.05, 0.1) is 12.6 Å². The molecule has 0 amide bonds. The molecule has 3 atom stereocenters. The molecular formula is C23H39IN4O. The van der Waals surface area contributed by atoms with Crippen LogP contribution in [0, 0.1) is 12.8 Å². The van der Waals surface area contributed by atoms with E-state index in [2.05, 4.69) is 67.6 Å². The summed E-state index contributed by atoms with van der Waals surface area (Å²) in [6.07, 6.45) is 5.16. The summed E-state index contributed by atoms with van der Waals surface area (Å²) in [4.78, 5) is 7.32. The van der Waals surface area contributed by atoms with Gasteiger partial charge in [-0.15, -0.1) is 24.0 Å². The molecule has 1 aliphatic heterocycles. The lowest BCUT2D eigenvalue weighted by atomic mass is 9.89. The predicted molar refractivity (Wildman–Crippen MR) is 132 cm³/mol. The van der Waals surface area contributed by atoms with Gasteiger partial charge in [-0.3, -0.25) is 9.89 Å². The third kappa shape index (κ3) is 7.40. The molecular weight excluding hydrogens is 475 g/mol. The number of nitrogens with one attached hydrogen (secondary N) is 2. The highest BCUT2D eigenvalue weighted by Crippen LogP contribution is 2.33. The summed E-state index contributed by atoms with van der Waals surface area (Å²) in [5.41, 5.74) is 2.58. The molecule has 1 aromatic rings. The maximum atomic E-state index is 6.16. The van der Waals surface area contributed by atoms with E-state index < -0.39 is 0 Å². The van der Waals surface area contributed by atoms with E-state index in [0.29, 0.717) is 12.0 Å². The summed E-state index contributed by atoms with van der Waals surface area (Å²) in [5.74, 6) is 1.39. The molecule has 0 radical (unpaired) electrons. The lowest BCUT2D eigenvalue weighted by molar-refractivity contribution is -0.0265. The van der Waals surface area contributed by atoms with Crippen molar-refractivity contribution in [2.45, 2.75) is 64.6 Å². The quantitative estimate of drug-likeness (QED) is 0.312. The Bertz CT molecular complexity index is 632. The van der Waals surface area contributed by atoms with Gasteiger partial charge in [0, 0.05) is 37.7 Å². The number of aliphatic imine (C=N–C) groups is 1. The molecule has 3 rings (SSSR count). The highest BCUT2D eigenvalue weighted by Gasteiger charge is 2.29. The smallest absolute Gasteiger partial charge is 0.191 e. The first-order valence-corrected chi connectivity index (χ1v) is 11.0. The van der Waals surface area contributed by atoms with Crippen molar-refractivity contribution in [3.05, 3.63) is 35.4 Å². The predicted octanol–water partition coefficient (Wildman–Crippen LogP) is 4.12. The fraction of sp³-hybridized carbons (Fsp3) is 0.696. The number of likely N-dealkylation sites (N-methyl/N-ethyl adjacent to an activating group) is 1. The molecule has 3 unspecified atom stereocenters. The van der Waals surface area contributed by atoms with Crippen LogP contribution in [0.3, 0.4) is 0 Å². The summed E-state index contributed by atoms with van der Waals surface area (Å²) in [6, 6.07) is 10.0. The first-order valence-electron chi connectivity index (χ1n) is 11.0. The highest BCUT2D eigenvalue weighted by atomic mass is 127. The van der Waals surface area contributed by atoms with Gasteiger partial charge < -0.3 is 15.4 Å². The lowest BCUT2D eigenvalue weighted by Gasteiger charge is -2.33. The molecule has 29 heavy (non-hydrogen) atoms. The molecule has 1 aliphatic carbocycles. The zero-order valence-electron chi connectivity index (χ0n) is 18.5. The van der Waals surface area contributed by atoms with Crippen LogP contribution >= 0.6 is 24.0 Å². The molecule has 1 aromatic carbocycles. The normalized spacial score (nSPS) is 23.4. The molecule has 2 N–H and O–H groups in total. The van der Waals surface area contributed by atoms with Crippen LogP contribution in [0.15, 0.2) is 29.3 Å². The molecule has 0 bridgehead atoms. The van der Waals surface area contributed by atoms with Crippen LogP contribution in [-0.4, -0.2) is 56.2 Å². The second kappa shape index (κ2) is 12.1. The van der Waals surface area contributed by atoms with Crippen molar-refractivity contribution in [2.24, 2.45) is 10.9 Å². The van der Waals surface area contributed by atoms with Gasteiger partial charge in [-0.2, -0.15) is 0 Å². The Balaban J connectivity index is 0.00000300. The van der Waals surface area contributed by atoms with E-state index in [0.717, 1.165) is 44.7 Å². The van der Waals surface area contributed by atoms with Crippen molar-refractivity contribution in [2.75, 3.05) is 33.3 Å². The van der Waals surface area contributed by atoms with Crippen LogP contribution in [0.25, 0.3) is 0 Å². The average Bonchev–Trinajstić information content (AvgIpc) is 3.55. The molecule has 1 saturated heterocycles. The van der Waals surface area contributed by atoms with Crippen LogP contribution < -0.4 is 10.6 Å². The van der Waals surface area contributed by atoms with Gasteiger partial charge in [0.2, 0.25) is 0 Å². The summed E-state index contributed by atoms with van der Waals surface area (Å²) in [5, 5.41) is 6.98. The van der Waals surface area contributed by atoms with E-state index in [4.69, 9.17) is 9.73 Å². The fourth-order valence-electron chi connectivity index (χ4n) is 3.94. The molecule has 1 heterocycles. The molecule has 0 spiro atoms. The molecule has 0 aromatic heterocycles. The van der Waals surface area contributed by atoms with Gasteiger partial charge in [0.25, 0.3) is 0 Å². The van der Waals surface area contributed by atoms with Gasteiger partial charge in [-0.1, -0.05) is 29.8 Å².